The molecule has 0 aliphatic heterocycles. The van der Waals surface area contributed by atoms with Gasteiger partial charge < -0.3 is 5.73 Å². The number of nitrogens with two attached hydrogens (primary N) is 1. The zero-order valence-corrected chi connectivity index (χ0v) is 12.2. The molecule has 0 aliphatic carbocycles. The van der Waals surface area contributed by atoms with E-state index in [2.05, 4.69) is 9.82 Å². The van der Waals surface area contributed by atoms with E-state index in [0.29, 0.717) is 17.3 Å². The molecule has 0 fully saturated rings. The van der Waals surface area contributed by atoms with Crippen LogP contribution in [0.25, 0.3) is 0 Å². The zero-order valence-electron chi connectivity index (χ0n) is 11.4. The molecule has 1 aromatic heterocycles. The number of hydrogen-bond acceptors (Lipinski definition) is 4. The Morgan fingerprint density at radius 3 is 2.57 bits per heavy atom. The normalized spacial score (nSPS) is 11.8. The first kappa shape index (κ1) is 15.4. The van der Waals surface area contributed by atoms with Crippen LogP contribution < -0.4 is 10.5 Å². The molecule has 0 atom stereocenters. The third kappa shape index (κ3) is 3.19. The monoisotopic (exact) mass is 316 g/mol. The fourth-order valence-corrected chi connectivity index (χ4v) is 2.92. The molecular formula is C12H14F2N4O2S. The van der Waals surface area contributed by atoms with Gasteiger partial charge in [0.25, 0.3) is 0 Å². The lowest BCUT2D eigenvalue weighted by Crippen LogP contribution is -2.24. The van der Waals surface area contributed by atoms with Crippen LogP contribution in [0.3, 0.4) is 0 Å². The molecule has 0 unspecified atom stereocenters. The predicted molar refractivity (Wildman–Crippen MR) is 72.7 cm³/mol. The second kappa shape index (κ2) is 5.41. The van der Waals surface area contributed by atoms with Crippen LogP contribution in [0, 0.1) is 18.6 Å². The number of nitrogens with one attached hydrogen (secondary N) is 1. The van der Waals surface area contributed by atoms with Crippen molar-refractivity contribution in [3.05, 3.63) is 41.2 Å². The van der Waals surface area contributed by atoms with Crippen molar-refractivity contribution >= 4 is 15.7 Å². The van der Waals surface area contributed by atoms with Gasteiger partial charge in [0.15, 0.2) is 0 Å². The van der Waals surface area contributed by atoms with Gasteiger partial charge >= 0.3 is 0 Å². The third-order valence-electron chi connectivity index (χ3n) is 2.91. The summed E-state index contributed by atoms with van der Waals surface area (Å²) in [5, 5.41) is 4.07. The summed E-state index contributed by atoms with van der Waals surface area (Å²) in [6, 6.07) is 1.20. The Morgan fingerprint density at radius 2 is 2.00 bits per heavy atom. The quantitative estimate of drug-likeness (QED) is 0.826. The molecule has 0 spiro atoms. The van der Waals surface area contributed by atoms with Crippen LogP contribution in [0.1, 0.15) is 11.3 Å². The molecule has 2 rings (SSSR count). The molecule has 0 saturated carbocycles. The van der Waals surface area contributed by atoms with Gasteiger partial charge in [0.2, 0.25) is 10.0 Å². The van der Waals surface area contributed by atoms with Crippen LogP contribution in [-0.4, -0.2) is 18.2 Å². The average molecular weight is 316 g/mol. The number of aromatic nitrogens is 2. The molecule has 0 amide bonds. The van der Waals surface area contributed by atoms with Crippen LogP contribution in [0.15, 0.2) is 23.2 Å². The highest BCUT2D eigenvalue weighted by Gasteiger charge is 2.21. The van der Waals surface area contributed by atoms with Gasteiger partial charge in [-0.15, -0.1) is 0 Å². The van der Waals surface area contributed by atoms with Crippen molar-refractivity contribution in [1.82, 2.24) is 14.5 Å². The number of aryl methyl sites for hydroxylation is 2. The van der Waals surface area contributed by atoms with Gasteiger partial charge in [-0.2, -0.15) is 5.10 Å². The van der Waals surface area contributed by atoms with Gasteiger partial charge in [-0.25, -0.2) is 21.9 Å². The van der Waals surface area contributed by atoms with E-state index >= 15 is 0 Å². The van der Waals surface area contributed by atoms with E-state index in [1.54, 1.807) is 20.2 Å². The molecule has 114 valence electrons. The predicted octanol–water partition coefficient (Wildman–Crippen LogP) is 1.07. The number of sulfonamides is 1. The summed E-state index contributed by atoms with van der Waals surface area (Å²) in [5.74, 6) is -2.20. The fourth-order valence-electron chi connectivity index (χ4n) is 1.82. The highest BCUT2D eigenvalue weighted by molar-refractivity contribution is 7.89. The topological polar surface area (TPSA) is 90.0 Å². The van der Waals surface area contributed by atoms with Crippen molar-refractivity contribution < 1.29 is 17.2 Å². The fraction of sp³-hybridized carbons (Fsp3) is 0.250. The molecule has 0 bridgehead atoms. The van der Waals surface area contributed by atoms with Gasteiger partial charge in [0.1, 0.15) is 16.5 Å². The Bertz CT molecular complexity index is 787. The maximum Gasteiger partial charge on any atom is 0.243 e. The van der Waals surface area contributed by atoms with Crippen molar-refractivity contribution in [3.63, 3.8) is 0 Å². The number of nitrogen functional groups attached to an aromatic ring is 1. The lowest BCUT2D eigenvalue weighted by Gasteiger charge is -2.08. The van der Waals surface area contributed by atoms with Gasteiger partial charge in [0.05, 0.1) is 11.4 Å². The van der Waals surface area contributed by atoms with Crippen LogP contribution in [-0.2, 0) is 23.6 Å². The second-order valence-corrected chi connectivity index (χ2v) is 6.28. The molecule has 6 nitrogen and oxygen atoms in total. The number of anilines is 1. The van der Waals surface area contributed by atoms with E-state index in [-0.39, 0.29) is 6.54 Å². The maximum atomic E-state index is 13.6. The van der Waals surface area contributed by atoms with Crippen molar-refractivity contribution in [2.45, 2.75) is 18.4 Å². The summed E-state index contributed by atoms with van der Waals surface area (Å²) in [4.78, 5) is -0.692. The zero-order chi connectivity index (χ0) is 15.8. The molecule has 3 N–H and O–H groups in total. The van der Waals surface area contributed by atoms with E-state index in [1.807, 2.05) is 0 Å². The van der Waals surface area contributed by atoms with Crippen LogP contribution in [0.5, 0.6) is 0 Å². The highest BCUT2D eigenvalue weighted by atomic mass is 32.2. The summed E-state index contributed by atoms with van der Waals surface area (Å²) < 4.78 is 54.5. The van der Waals surface area contributed by atoms with E-state index in [0.717, 1.165) is 6.07 Å². The van der Waals surface area contributed by atoms with Gasteiger partial charge in [-0.05, 0) is 13.0 Å². The molecule has 1 heterocycles. The SMILES string of the molecule is Cc1nn(C)cc1CNS(=O)(=O)c1cc(N)c(F)cc1F. The van der Waals surface area contributed by atoms with Gasteiger partial charge in [-0.3, -0.25) is 4.68 Å². The second-order valence-electron chi connectivity index (χ2n) is 4.54. The van der Waals surface area contributed by atoms with Crippen molar-refractivity contribution in [1.29, 1.82) is 0 Å². The Balaban J connectivity index is 2.27. The number of benzene rings is 1. The molecule has 1 aromatic carbocycles. The Hall–Kier alpha value is -2.00. The molecule has 21 heavy (non-hydrogen) atoms. The molecule has 0 aliphatic rings. The van der Waals surface area contributed by atoms with Gasteiger partial charge in [-0.1, -0.05) is 0 Å². The summed E-state index contributed by atoms with van der Waals surface area (Å²) >= 11 is 0. The Morgan fingerprint density at radius 1 is 1.33 bits per heavy atom. The number of rotatable bonds is 4. The highest BCUT2D eigenvalue weighted by Crippen LogP contribution is 2.21. The van der Waals surface area contributed by atoms with Crippen LogP contribution in [0.2, 0.25) is 0 Å². The number of nitrogens with zero attached hydrogens (tertiary/aromatic N) is 2. The Kier molecular flexibility index (Phi) is 3.97. The average Bonchev–Trinajstić information content (AvgIpc) is 2.70. The first-order valence-electron chi connectivity index (χ1n) is 5.94. The molecular weight excluding hydrogens is 302 g/mol. The summed E-state index contributed by atoms with van der Waals surface area (Å²) in [7, 11) is -2.44. The van der Waals surface area contributed by atoms with E-state index in [1.165, 1.54) is 4.68 Å². The van der Waals surface area contributed by atoms with E-state index in [9.17, 15) is 17.2 Å². The minimum absolute atomic E-state index is 0.0568. The lowest BCUT2D eigenvalue weighted by atomic mass is 10.3. The molecule has 0 radical (unpaired) electrons. The smallest absolute Gasteiger partial charge is 0.243 e. The first-order valence-corrected chi connectivity index (χ1v) is 7.42. The molecule has 9 heteroatoms. The van der Waals surface area contributed by atoms with E-state index < -0.39 is 32.2 Å². The molecule has 2 aromatic rings. The number of halogens is 2. The molecule has 0 saturated heterocycles. The van der Waals surface area contributed by atoms with Crippen LogP contribution >= 0.6 is 0 Å². The largest absolute Gasteiger partial charge is 0.396 e. The van der Waals surface area contributed by atoms with Crippen LogP contribution in [0.4, 0.5) is 14.5 Å². The minimum atomic E-state index is -4.14. The maximum absolute atomic E-state index is 13.6. The van der Waals surface area contributed by atoms with E-state index in [4.69, 9.17) is 5.73 Å². The summed E-state index contributed by atoms with van der Waals surface area (Å²) in [6.07, 6.45) is 1.65. The summed E-state index contributed by atoms with van der Waals surface area (Å²) in [6.45, 7) is 1.67. The summed E-state index contributed by atoms with van der Waals surface area (Å²) in [5.41, 5.74) is 6.14. The third-order valence-corrected chi connectivity index (χ3v) is 4.32. The first-order chi connectivity index (χ1) is 9.70. The standard InChI is InChI=1S/C12H14F2N4O2S/c1-7-8(6-18(2)17-7)5-16-21(19,20)12-4-11(15)9(13)3-10(12)14/h3-4,6,16H,5,15H2,1-2H3. The van der Waals surface area contributed by atoms with Crippen molar-refractivity contribution in [2.24, 2.45) is 7.05 Å². The lowest BCUT2D eigenvalue weighted by molar-refractivity contribution is 0.544. The minimum Gasteiger partial charge on any atom is -0.396 e. The van der Waals surface area contributed by atoms with Gasteiger partial charge in [0, 0.05) is 31.4 Å². The van der Waals surface area contributed by atoms with Crippen molar-refractivity contribution in [2.75, 3.05) is 5.73 Å². The van der Waals surface area contributed by atoms with Crippen molar-refractivity contribution in [3.8, 4) is 0 Å². The Labute approximate surface area is 120 Å². The number of hydrogen-bond donors (Lipinski definition) is 2.